The molecule has 158 valence electrons. The molecule has 0 unspecified atom stereocenters. The van der Waals surface area contributed by atoms with Crippen LogP contribution in [0.2, 0.25) is 0 Å². The van der Waals surface area contributed by atoms with Crippen molar-refractivity contribution in [1.82, 2.24) is 9.88 Å². The molecule has 2 fully saturated rings. The van der Waals surface area contributed by atoms with E-state index < -0.39 is 6.09 Å². The van der Waals surface area contributed by atoms with Crippen LogP contribution in [-0.4, -0.2) is 53.2 Å². The maximum Gasteiger partial charge on any atom is 0.407 e. The summed E-state index contributed by atoms with van der Waals surface area (Å²) in [7, 11) is 0. The fourth-order valence-corrected chi connectivity index (χ4v) is 4.40. The molecule has 0 atom stereocenters. The molecule has 1 aromatic heterocycles. The monoisotopic (exact) mass is 409 g/mol. The molecule has 2 aliphatic rings. The number of likely N-dealkylation sites (tertiary alicyclic amines) is 1. The summed E-state index contributed by atoms with van der Waals surface area (Å²) in [5, 5.41) is 12.0. The van der Waals surface area contributed by atoms with Crippen molar-refractivity contribution in [2.75, 3.05) is 42.1 Å². The van der Waals surface area contributed by atoms with Crippen LogP contribution in [0.4, 0.5) is 22.0 Å². The summed E-state index contributed by atoms with van der Waals surface area (Å²) in [6.07, 6.45) is 4.73. The predicted molar refractivity (Wildman–Crippen MR) is 116 cm³/mol. The van der Waals surface area contributed by atoms with Crippen molar-refractivity contribution in [3.63, 3.8) is 0 Å². The first-order chi connectivity index (χ1) is 14.5. The topological polar surface area (TPSA) is 112 Å². The Morgan fingerprint density at radius 3 is 2.27 bits per heavy atom. The predicted octanol–water partition coefficient (Wildman–Crippen LogP) is 3.28. The lowest BCUT2D eigenvalue weighted by atomic mass is 9.71. The Balaban J connectivity index is 1.33. The fraction of sp³-hybridized carbons (Fsp3) is 0.409. The van der Waals surface area contributed by atoms with E-state index in [0.29, 0.717) is 30.0 Å². The van der Waals surface area contributed by atoms with Crippen LogP contribution in [-0.2, 0) is 0 Å². The third-order valence-corrected chi connectivity index (χ3v) is 6.46. The zero-order chi connectivity index (χ0) is 21.1. The molecule has 0 radical (unpaired) electrons. The molecule has 4 rings (SSSR count). The number of nitrogens with one attached hydrogen (secondary N) is 1. The number of amides is 2. The number of rotatable bonds is 3. The number of para-hydroxylation sites is 2. The summed E-state index contributed by atoms with van der Waals surface area (Å²) in [4.78, 5) is 31.9. The molecule has 8 heteroatoms. The number of nitrogen functional groups attached to an aromatic ring is 1. The van der Waals surface area contributed by atoms with Crippen molar-refractivity contribution in [1.29, 1.82) is 0 Å². The third kappa shape index (κ3) is 4.17. The van der Waals surface area contributed by atoms with Gasteiger partial charge in [-0.15, -0.1) is 0 Å². The summed E-state index contributed by atoms with van der Waals surface area (Å²) in [5.74, 6) is 0.623. The first-order valence-corrected chi connectivity index (χ1v) is 10.3. The maximum absolute atomic E-state index is 12.5. The minimum Gasteiger partial charge on any atom is -0.465 e. The Bertz CT molecular complexity index is 913. The first-order valence-electron chi connectivity index (χ1n) is 10.3. The van der Waals surface area contributed by atoms with E-state index in [1.807, 2.05) is 18.2 Å². The average Bonchev–Trinajstić information content (AvgIpc) is 2.76. The Morgan fingerprint density at radius 2 is 1.67 bits per heavy atom. The number of carboxylic acid groups (broad SMARTS) is 1. The molecule has 2 aromatic rings. The van der Waals surface area contributed by atoms with E-state index >= 15 is 0 Å². The molecule has 1 aromatic carbocycles. The second-order valence-corrected chi connectivity index (χ2v) is 8.20. The quantitative estimate of drug-likeness (QED) is 0.671. The van der Waals surface area contributed by atoms with E-state index in [2.05, 4.69) is 15.2 Å². The maximum atomic E-state index is 12.5. The number of nitrogens with zero attached hydrogens (tertiary/aromatic N) is 3. The molecular weight excluding hydrogens is 382 g/mol. The van der Waals surface area contributed by atoms with E-state index in [9.17, 15) is 9.59 Å². The van der Waals surface area contributed by atoms with Gasteiger partial charge in [0.25, 0.3) is 5.91 Å². The number of hydrogen-bond donors (Lipinski definition) is 3. The van der Waals surface area contributed by atoms with Gasteiger partial charge in [-0.05, 0) is 55.4 Å². The number of piperidine rings is 2. The molecule has 2 aliphatic heterocycles. The lowest BCUT2D eigenvalue weighted by Gasteiger charge is -2.46. The number of benzene rings is 1. The van der Waals surface area contributed by atoms with Crippen molar-refractivity contribution >= 4 is 29.2 Å². The van der Waals surface area contributed by atoms with Crippen LogP contribution in [0.3, 0.4) is 0 Å². The second-order valence-electron chi connectivity index (χ2n) is 8.20. The van der Waals surface area contributed by atoms with Crippen LogP contribution >= 0.6 is 0 Å². The summed E-state index contributed by atoms with van der Waals surface area (Å²) in [5.41, 5.74) is 7.72. The summed E-state index contributed by atoms with van der Waals surface area (Å²) >= 11 is 0. The number of nitrogens with two attached hydrogens (primary N) is 1. The van der Waals surface area contributed by atoms with E-state index in [0.717, 1.165) is 44.6 Å². The van der Waals surface area contributed by atoms with Gasteiger partial charge in [0.05, 0.1) is 16.9 Å². The van der Waals surface area contributed by atoms with Crippen molar-refractivity contribution in [3.05, 3.63) is 48.2 Å². The SMILES string of the molecule is Nc1ccccc1NC(=O)c1ccc(N2CCC3(CCN(C(=O)O)CC3)CC2)nc1. The van der Waals surface area contributed by atoms with Gasteiger partial charge in [0.1, 0.15) is 5.82 Å². The summed E-state index contributed by atoms with van der Waals surface area (Å²) in [6, 6.07) is 10.8. The van der Waals surface area contributed by atoms with Crippen LogP contribution in [0.5, 0.6) is 0 Å². The van der Waals surface area contributed by atoms with E-state index in [4.69, 9.17) is 10.8 Å². The molecule has 3 heterocycles. The van der Waals surface area contributed by atoms with Crippen LogP contribution in [0.1, 0.15) is 36.0 Å². The van der Waals surface area contributed by atoms with E-state index in [-0.39, 0.29) is 11.3 Å². The number of hydrogen-bond acceptors (Lipinski definition) is 5. The fourth-order valence-electron chi connectivity index (χ4n) is 4.40. The van der Waals surface area contributed by atoms with Crippen LogP contribution in [0.25, 0.3) is 0 Å². The van der Waals surface area contributed by atoms with Gasteiger partial charge in [-0.25, -0.2) is 9.78 Å². The van der Waals surface area contributed by atoms with Gasteiger partial charge >= 0.3 is 6.09 Å². The largest absolute Gasteiger partial charge is 0.465 e. The lowest BCUT2D eigenvalue weighted by molar-refractivity contribution is 0.0735. The van der Waals surface area contributed by atoms with Gasteiger partial charge in [0, 0.05) is 32.4 Å². The molecule has 0 bridgehead atoms. The van der Waals surface area contributed by atoms with Crippen LogP contribution < -0.4 is 16.0 Å². The van der Waals surface area contributed by atoms with Gasteiger partial charge in [-0.2, -0.15) is 0 Å². The highest BCUT2D eigenvalue weighted by atomic mass is 16.4. The molecule has 0 aliphatic carbocycles. The number of aromatic nitrogens is 1. The first kappa shape index (κ1) is 20.0. The Morgan fingerprint density at radius 1 is 1.00 bits per heavy atom. The third-order valence-electron chi connectivity index (χ3n) is 6.46. The molecule has 30 heavy (non-hydrogen) atoms. The number of carbonyl (C=O) groups excluding carboxylic acids is 1. The smallest absolute Gasteiger partial charge is 0.407 e. The van der Waals surface area contributed by atoms with Gasteiger partial charge in [-0.1, -0.05) is 12.1 Å². The van der Waals surface area contributed by atoms with Gasteiger partial charge in [0.15, 0.2) is 0 Å². The van der Waals surface area contributed by atoms with E-state index in [1.165, 1.54) is 4.90 Å². The summed E-state index contributed by atoms with van der Waals surface area (Å²) < 4.78 is 0. The highest BCUT2D eigenvalue weighted by Crippen LogP contribution is 2.41. The average molecular weight is 409 g/mol. The highest BCUT2D eigenvalue weighted by molar-refractivity contribution is 6.05. The van der Waals surface area contributed by atoms with Crippen molar-refractivity contribution in [2.24, 2.45) is 5.41 Å². The molecule has 4 N–H and O–H groups in total. The number of pyridine rings is 1. The Hall–Kier alpha value is -3.29. The highest BCUT2D eigenvalue weighted by Gasteiger charge is 2.38. The Labute approximate surface area is 175 Å². The van der Waals surface area contributed by atoms with Crippen molar-refractivity contribution in [3.8, 4) is 0 Å². The zero-order valence-electron chi connectivity index (χ0n) is 16.9. The summed E-state index contributed by atoms with van der Waals surface area (Å²) in [6.45, 7) is 3.05. The Kier molecular flexibility index (Phi) is 5.48. The number of carbonyl (C=O) groups is 2. The zero-order valence-corrected chi connectivity index (χ0v) is 16.9. The normalized spacial score (nSPS) is 18.3. The second kappa shape index (κ2) is 8.22. The number of anilines is 3. The van der Waals surface area contributed by atoms with Gasteiger partial charge < -0.3 is 26.0 Å². The van der Waals surface area contributed by atoms with Crippen LogP contribution in [0.15, 0.2) is 42.6 Å². The standard InChI is InChI=1S/C22H27N5O3/c23-17-3-1-2-4-18(17)25-20(28)16-5-6-19(24-15-16)26-11-7-22(8-12-26)9-13-27(14-10-22)21(29)30/h1-6,15H,7-14,23H2,(H,25,28)(H,29,30). The van der Waals surface area contributed by atoms with Gasteiger partial charge in [-0.3, -0.25) is 4.79 Å². The molecule has 1 spiro atoms. The van der Waals surface area contributed by atoms with Crippen molar-refractivity contribution in [2.45, 2.75) is 25.7 Å². The molecule has 0 saturated carbocycles. The molecule has 2 amide bonds. The molecule has 2 saturated heterocycles. The molecular formula is C22H27N5O3. The van der Waals surface area contributed by atoms with Crippen molar-refractivity contribution < 1.29 is 14.7 Å². The van der Waals surface area contributed by atoms with Gasteiger partial charge in [0.2, 0.25) is 0 Å². The minimum atomic E-state index is -0.814. The van der Waals surface area contributed by atoms with Crippen LogP contribution in [0, 0.1) is 5.41 Å². The van der Waals surface area contributed by atoms with E-state index in [1.54, 1.807) is 24.4 Å². The molecule has 8 nitrogen and oxygen atoms in total. The minimum absolute atomic E-state index is 0.241. The lowest BCUT2D eigenvalue weighted by Crippen LogP contribution is -2.48.